The summed E-state index contributed by atoms with van der Waals surface area (Å²) in [7, 11) is 0. The molecule has 1 saturated heterocycles. The smallest absolute Gasteiger partial charge is 0.225 e. The van der Waals surface area contributed by atoms with E-state index in [0.717, 1.165) is 30.5 Å². The highest BCUT2D eigenvalue weighted by Gasteiger charge is 2.28. The number of amides is 1. The van der Waals surface area contributed by atoms with Crippen molar-refractivity contribution in [3.05, 3.63) is 24.2 Å². The Bertz CT molecular complexity index is 670. The lowest BCUT2D eigenvalue weighted by molar-refractivity contribution is -0.116. The Hall–Kier alpha value is -1.99. The Morgan fingerprint density at radius 1 is 1.50 bits per heavy atom. The minimum Gasteiger partial charge on any atom is -0.394 e. The normalized spacial score (nSPS) is 21.4. The van der Waals surface area contributed by atoms with E-state index in [1.807, 2.05) is 19.1 Å². The van der Waals surface area contributed by atoms with Crippen molar-refractivity contribution in [2.75, 3.05) is 11.9 Å². The summed E-state index contributed by atoms with van der Waals surface area (Å²) in [4.78, 5) is 15.9. The Morgan fingerprint density at radius 3 is 3.09 bits per heavy atom. The van der Waals surface area contributed by atoms with Crippen LogP contribution < -0.4 is 5.32 Å². The number of aliphatic hydroxyl groups excluding tert-OH is 1. The van der Waals surface area contributed by atoms with Crippen molar-refractivity contribution in [1.82, 2.24) is 14.6 Å². The third-order valence-electron chi connectivity index (χ3n) is 3.86. The number of anilines is 1. The van der Waals surface area contributed by atoms with E-state index in [0.29, 0.717) is 12.2 Å². The van der Waals surface area contributed by atoms with E-state index < -0.39 is 0 Å². The predicted molar refractivity (Wildman–Crippen MR) is 80.5 cm³/mol. The van der Waals surface area contributed by atoms with Crippen LogP contribution in [0.5, 0.6) is 0 Å². The Balaban J connectivity index is 1.87. The van der Waals surface area contributed by atoms with Gasteiger partial charge in [-0.25, -0.2) is 9.50 Å². The van der Waals surface area contributed by atoms with Crippen molar-refractivity contribution < 1.29 is 14.6 Å². The second-order valence-electron chi connectivity index (χ2n) is 5.47. The summed E-state index contributed by atoms with van der Waals surface area (Å²) in [6, 6.07) is 3.82. The molecule has 0 saturated carbocycles. The standard InChI is InChI=1S/C15H20N4O3/c1-2-3-14(21)18-15-12-6-5-11(19(12)17-9-16-15)13-7-4-10(8-20)22-13/h5-6,9-10,13,20H,2-4,7-8H2,1H3,(H,16,17,18,21). The molecule has 0 spiro atoms. The van der Waals surface area contributed by atoms with Gasteiger partial charge in [-0.1, -0.05) is 6.92 Å². The molecule has 3 rings (SSSR count). The van der Waals surface area contributed by atoms with Gasteiger partial charge in [0.1, 0.15) is 17.9 Å². The fourth-order valence-corrected chi connectivity index (χ4v) is 2.77. The van der Waals surface area contributed by atoms with E-state index in [-0.39, 0.29) is 24.7 Å². The molecule has 0 radical (unpaired) electrons. The van der Waals surface area contributed by atoms with Crippen LogP contribution in [0.4, 0.5) is 5.82 Å². The molecule has 2 aromatic heterocycles. The second kappa shape index (κ2) is 6.41. The van der Waals surface area contributed by atoms with Gasteiger partial charge >= 0.3 is 0 Å². The van der Waals surface area contributed by atoms with Crippen LogP contribution in [0.1, 0.15) is 44.4 Å². The lowest BCUT2D eigenvalue weighted by Crippen LogP contribution is -2.14. The zero-order valence-corrected chi connectivity index (χ0v) is 12.5. The molecule has 2 unspecified atom stereocenters. The van der Waals surface area contributed by atoms with Crippen LogP contribution in [0, 0.1) is 0 Å². The molecular weight excluding hydrogens is 284 g/mol. The summed E-state index contributed by atoms with van der Waals surface area (Å²) in [6.45, 7) is 1.99. The van der Waals surface area contributed by atoms with Crippen molar-refractivity contribution in [3.63, 3.8) is 0 Å². The molecule has 7 nitrogen and oxygen atoms in total. The topological polar surface area (TPSA) is 88.8 Å². The molecule has 2 atom stereocenters. The summed E-state index contributed by atoms with van der Waals surface area (Å²) >= 11 is 0. The van der Waals surface area contributed by atoms with E-state index in [9.17, 15) is 9.90 Å². The number of fused-ring (bicyclic) bond motifs is 1. The highest BCUT2D eigenvalue weighted by molar-refractivity contribution is 5.93. The van der Waals surface area contributed by atoms with Gasteiger partial charge in [-0.3, -0.25) is 4.79 Å². The average molecular weight is 304 g/mol. The van der Waals surface area contributed by atoms with Gasteiger partial charge in [0.05, 0.1) is 18.4 Å². The first-order valence-electron chi connectivity index (χ1n) is 7.61. The molecule has 1 aliphatic rings. The SMILES string of the molecule is CCCC(=O)Nc1ncnn2c(C3CCC(CO)O3)ccc12. The highest BCUT2D eigenvalue weighted by Crippen LogP contribution is 2.33. The monoisotopic (exact) mass is 304 g/mol. The lowest BCUT2D eigenvalue weighted by Gasteiger charge is -2.12. The van der Waals surface area contributed by atoms with Crippen LogP contribution in [0.2, 0.25) is 0 Å². The molecule has 2 aromatic rings. The van der Waals surface area contributed by atoms with Crippen molar-refractivity contribution >= 4 is 17.2 Å². The van der Waals surface area contributed by atoms with Gasteiger partial charge in [0, 0.05) is 6.42 Å². The minimum atomic E-state index is -0.110. The number of aromatic nitrogens is 3. The predicted octanol–water partition coefficient (Wildman–Crippen LogP) is 1.68. The summed E-state index contributed by atoms with van der Waals surface area (Å²) in [5.74, 6) is 0.458. The number of carbonyl (C=O) groups is 1. The minimum absolute atomic E-state index is 0.0348. The summed E-state index contributed by atoms with van der Waals surface area (Å²) < 4.78 is 7.55. The van der Waals surface area contributed by atoms with Gasteiger partial charge in [-0.05, 0) is 31.4 Å². The number of rotatable bonds is 5. The molecule has 0 bridgehead atoms. The number of hydrogen-bond acceptors (Lipinski definition) is 5. The van der Waals surface area contributed by atoms with Crippen LogP contribution in [0.15, 0.2) is 18.5 Å². The number of nitrogens with zero attached hydrogens (tertiary/aromatic N) is 3. The van der Waals surface area contributed by atoms with E-state index in [1.165, 1.54) is 6.33 Å². The van der Waals surface area contributed by atoms with E-state index in [2.05, 4.69) is 15.4 Å². The molecular formula is C15H20N4O3. The van der Waals surface area contributed by atoms with Gasteiger partial charge in [-0.15, -0.1) is 0 Å². The largest absolute Gasteiger partial charge is 0.394 e. The molecule has 3 heterocycles. The van der Waals surface area contributed by atoms with Gasteiger partial charge in [0.15, 0.2) is 5.82 Å². The van der Waals surface area contributed by atoms with Crippen molar-refractivity contribution in [2.24, 2.45) is 0 Å². The van der Waals surface area contributed by atoms with Gasteiger partial charge in [0.2, 0.25) is 5.91 Å². The van der Waals surface area contributed by atoms with Crippen LogP contribution in [0.3, 0.4) is 0 Å². The van der Waals surface area contributed by atoms with Crippen LogP contribution in [0.25, 0.3) is 5.52 Å². The molecule has 22 heavy (non-hydrogen) atoms. The third-order valence-corrected chi connectivity index (χ3v) is 3.86. The summed E-state index contributed by atoms with van der Waals surface area (Å²) in [5, 5.41) is 16.3. The molecule has 2 N–H and O–H groups in total. The third kappa shape index (κ3) is 2.82. The molecule has 0 aliphatic carbocycles. The molecule has 1 amide bonds. The number of hydrogen-bond donors (Lipinski definition) is 2. The zero-order chi connectivity index (χ0) is 15.5. The average Bonchev–Trinajstić information content (AvgIpc) is 3.14. The van der Waals surface area contributed by atoms with Gasteiger partial charge in [0.25, 0.3) is 0 Å². The van der Waals surface area contributed by atoms with Gasteiger partial charge in [-0.2, -0.15) is 5.10 Å². The first-order valence-corrected chi connectivity index (χ1v) is 7.61. The molecule has 1 aliphatic heterocycles. The van der Waals surface area contributed by atoms with E-state index in [1.54, 1.807) is 4.52 Å². The fourth-order valence-electron chi connectivity index (χ4n) is 2.77. The Morgan fingerprint density at radius 2 is 2.36 bits per heavy atom. The van der Waals surface area contributed by atoms with Crippen molar-refractivity contribution in [1.29, 1.82) is 0 Å². The quantitative estimate of drug-likeness (QED) is 0.877. The maximum absolute atomic E-state index is 11.8. The first kappa shape index (κ1) is 14.9. The second-order valence-corrected chi connectivity index (χ2v) is 5.47. The maximum atomic E-state index is 11.8. The number of ether oxygens (including phenoxy) is 1. The van der Waals surface area contributed by atoms with Crippen LogP contribution in [-0.2, 0) is 9.53 Å². The number of carbonyl (C=O) groups excluding carboxylic acids is 1. The van der Waals surface area contributed by atoms with Crippen molar-refractivity contribution in [2.45, 2.75) is 44.8 Å². The lowest BCUT2D eigenvalue weighted by atomic mass is 10.1. The molecule has 0 aromatic carbocycles. The number of aliphatic hydroxyl groups is 1. The maximum Gasteiger partial charge on any atom is 0.225 e. The molecule has 1 fully saturated rings. The summed E-state index contributed by atoms with van der Waals surface area (Å²) in [6.07, 6.45) is 4.16. The van der Waals surface area contributed by atoms with Gasteiger partial charge < -0.3 is 15.2 Å². The fraction of sp³-hybridized carbons (Fsp3) is 0.533. The van der Waals surface area contributed by atoms with E-state index >= 15 is 0 Å². The molecule has 7 heteroatoms. The van der Waals surface area contributed by atoms with Crippen molar-refractivity contribution in [3.8, 4) is 0 Å². The van der Waals surface area contributed by atoms with Crippen LogP contribution in [-0.4, -0.2) is 38.3 Å². The van der Waals surface area contributed by atoms with Crippen LogP contribution >= 0.6 is 0 Å². The summed E-state index contributed by atoms with van der Waals surface area (Å²) in [5.41, 5.74) is 1.66. The van der Waals surface area contributed by atoms with E-state index in [4.69, 9.17) is 4.74 Å². The number of nitrogens with one attached hydrogen (secondary N) is 1. The zero-order valence-electron chi connectivity index (χ0n) is 12.5. The Labute approximate surface area is 128 Å². The highest BCUT2D eigenvalue weighted by atomic mass is 16.5. The first-order chi connectivity index (χ1) is 10.7. The molecule has 118 valence electrons. The Kier molecular flexibility index (Phi) is 4.35.